The number of hydrazine groups is 1. The number of benzene rings is 1. The Bertz CT molecular complexity index is 682. The smallest absolute Gasteiger partial charge is 0.0676 e. The van der Waals surface area contributed by atoms with Crippen molar-refractivity contribution in [2.24, 2.45) is 5.84 Å². The molecule has 3 heteroatoms. The fraction of sp³-hybridized carbons (Fsp3) is 0.263. The van der Waals surface area contributed by atoms with E-state index >= 15 is 0 Å². The Hall–Kier alpha value is -2.26. The van der Waals surface area contributed by atoms with Crippen LogP contribution < -0.4 is 11.2 Å². The Morgan fingerprint density at radius 3 is 2.91 bits per heavy atom. The predicted molar refractivity (Wildman–Crippen MR) is 90.8 cm³/mol. The molecule has 1 aromatic carbocycles. The highest BCUT2D eigenvalue weighted by atomic mass is 15.4. The summed E-state index contributed by atoms with van der Waals surface area (Å²) in [6, 6.07) is 8.74. The number of allylic oxidation sites excluding steroid dienone is 6. The molecule has 4 rings (SSSR count). The third kappa shape index (κ3) is 2.38. The van der Waals surface area contributed by atoms with E-state index in [1.807, 2.05) is 5.01 Å². The van der Waals surface area contributed by atoms with Gasteiger partial charge in [-0.3, -0.25) is 0 Å². The first kappa shape index (κ1) is 13.4. The van der Waals surface area contributed by atoms with Gasteiger partial charge >= 0.3 is 0 Å². The first-order valence-electron chi connectivity index (χ1n) is 7.97. The fourth-order valence-electron chi connectivity index (χ4n) is 3.45. The maximum absolute atomic E-state index is 6.23. The number of hydrogen-bond donors (Lipinski definition) is 2. The van der Waals surface area contributed by atoms with Gasteiger partial charge in [-0.1, -0.05) is 42.5 Å². The summed E-state index contributed by atoms with van der Waals surface area (Å²) in [7, 11) is 0. The quantitative estimate of drug-likeness (QED) is 0.817. The molecule has 0 radical (unpaired) electrons. The van der Waals surface area contributed by atoms with Crippen molar-refractivity contribution < 1.29 is 0 Å². The van der Waals surface area contributed by atoms with Crippen molar-refractivity contribution in [1.29, 1.82) is 0 Å². The molecule has 1 saturated heterocycles. The average Bonchev–Trinajstić information content (AvgIpc) is 3.09. The Labute approximate surface area is 131 Å². The van der Waals surface area contributed by atoms with Crippen molar-refractivity contribution in [2.45, 2.75) is 31.7 Å². The molecule has 3 nitrogen and oxygen atoms in total. The Kier molecular flexibility index (Phi) is 3.35. The zero-order valence-electron chi connectivity index (χ0n) is 12.6. The second kappa shape index (κ2) is 5.50. The second-order valence-electron chi connectivity index (χ2n) is 6.11. The third-order valence-electron chi connectivity index (χ3n) is 4.61. The molecule has 22 heavy (non-hydrogen) atoms. The minimum absolute atomic E-state index is 0.274. The molecule has 3 aliphatic rings. The van der Waals surface area contributed by atoms with Gasteiger partial charge in [-0.05, 0) is 42.5 Å². The van der Waals surface area contributed by atoms with Gasteiger partial charge in [-0.25, -0.2) is 5.84 Å². The molecule has 1 aromatic rings. The normalized spacial score (nSPS) is 25.0. The van der Waals surface area contributed by atoms with Gasteiger partial charge in [0.1, 0.15) is 0 Å². The van der Waals surface area contributed by atoms with Gasteiger partial charge in [0.2, 0.25) is 0 Å². The van der Waals surface area contributed by atoms with Crippen molar-refractivity contribution in [1.82, 2.24) is 5.01 Å². The Balaban J connectivity index is 1.45. The van der Waals surface area contributed by atoms with Crippen molar-refractivity contribution in [3.63, 3.8) is 0 Å². The highest BCUT2D eigenvalue weighted by molar-refractivity contribution is 5.62. The summed E-state index contributed by atoms with van der Waals surface area (Å²) in [5.74, 6) is 6.23. The number of rotatable bonds is 2. The van der Waals surface area contributed by atoms with Crippen LogP contribution in [-0.2, 0) is 6.42 Å². The average molecular weight is 291 g/mol. The zero-order valence-corrected chi connectivity index (χ0v) is 12.6. The van der Waals surface area contributed by atoms with E-state index in [0.29, 0.717) is 0 Å². The van der Waals surface area contributed by atoms with Crippen LogP contribution in [0.15, 0.2) is 71.6 Å². The number of hydrogen-bond acceptors (Lipinski definition) is 3. The molecule has 1 aliphatic carbocycles. The maximum atomic E-state index is 6.23. The van der Waals surface area contributed by atoms with Crippen molar-refractivity contribution in [2.75, 3.05) is 5.32 Å². The van der Waals surface area contributed by atoms with Crippen LogP contribution in [0.3, 0.4) is 0 Å². The summed E-state index contributed by atoms with van der Waals surface area (Å²) in [6.45, 7) is 0. The lowest BCUT2D eigenvalue weighted by Gasteiger charge is -2.19. The highest BCUT2D eigenvalue weighted by Crippen LogP contribution is 2.34. The van der Waals surface area contributed by atoms with Gasteiger partial charge in [0.05, 0.1) is 11.7 Å². The molecular weight excluding hydrogens is 270 g/mol. The number of anilines is 1. The topological polar surface area (TPSA) is 41.3 Å². The van der Waals surface area contributed by atoms with E-state index < -0.39 is 0 Å². The first-order chi connectivity index (χ1) is 10.8. The summed E-state index contributed by atoms with van der Waals surface area (Å²) in [5.41, 5.74) is 6.46. The monoisotopic (exact) mass is 291 g/mol. The largest absolute Gasteiger partial charge is 0.358 e. The SMILES string of the molecule is NN1C2=CCCC=C2CC1C=CC=C1Cc2ccccc2N1. The number of para-hydroxylation sites is 1. The molecular formula is C19H21N3. The summed E-state index contributed by atoms with van der Waals surface area (Å²) >= 11 is 0. The molecule has 0 aromatic heterocycles. The third-order valence-corrected chi connectivity index (χ3v) is 4.61. The van der Waals surface area contributed by atoms with E-state index in [0.717, 1.165) is 25.7 Å². The highest BCUT2D eigenvalue weighted by Gasteiger charge is 2.28. The number of nitrogens with zero attached hydrogens (tertiary/aromatic N) is 1. The van der Waals surface area contributed by atoms with E-state index in [-0.39, 0.29) is 6.04 Å². The van der Waals surface area contributed by atoms with E-state index in [4.69, 9.17) is 5.84 Å². The van der Waals surface area contributed by atoms with Gasteiger partial charge in [0, 0.05) is 17.8 Å². The predicted octanol–water partition coefficient (Wildman–Crippen LogP) is 3.65. The molecule has 1 fully saturated rings. The summed E-state index contributed by atoms with van der Waals surface area (Å²) in [6.07, 6.45) is 15.4. The summed E-state index contributed by atoms with van der Waals surface area (Å²) in [4.78, 5) is 0. The van der Waals surface area contributed by atoms with Crippen LogP contribution in [0, 0.1) is 0 Å². The van der Waals surface area contributed by atoms with Crippen LogP contribution in [0.1, 0.15) is 24.8 Å². The minimum Gasteiger partial charge on any atom is -0.358 e. The molecule has 1 unspecified atom stereocenters. The van der Waals surface area contributed by atoms with E-state index in [1.165, 1.54) is 28.2 Å². The van der Waals surface area contributed by atoms with Gasteiger partial charge in [-0.15, -0.1) is 0 Å². The first-order valence-corrected chi connectivity index (χ1v) is 7.97. The minimum atomic E-state index is 0.274. The fourth-order valence-corrected chi connectivity index (χ4v) is 3.45. The molecule has 3 N–H and O–H groups in total. The molecule has 0 amide bonds. The van der Waals surface area contributed by atoms with Gasteiger partial charge < -0.3 is 10.3 Å². The summed E-state index contributed by atoms with van der Waals surface area (Å²) < 4.78 is 0. The molecule has 0 bridgehead atoms. The molecule has 0 spiro atoms. The number of nitrogens with one attached hydrogen (secondary N) is 1. The number of nitrogens with two attached hydrogens (primary N) is 1. The van der Waals surface area contributed by atoms with Crippen LogP contribution in [0.2, 0.25) is 0 Å². The van der Waals surface area contributed by atoms with Crippen LogP contribution in [0.5, 0.6) is 0 Å². The van der Waals surface area contributed by atoms with E-state index in [1.54, 1.807) is 0 Å². The summed E-state index contributed by atoms with van der Waals surface area (Å²) in [5, 5.41) is 5.38. The van der Waals surface area contributed by atoms with Gasteiger partial charge in [-0.2, -0.15) is 0 Å². The molecule has 112 valence electrons. The van der Waals surface area contributed by atoms with Crippen LogP contribution in [0.25, 0.3) is 0 Å². The lowest BCUT2D eigenvalue weighted by Crippen LogP contribution is -2.33. The molecule has 2 aliphatic heterocycles. The van der Waals surface area contributed by atoms with Crippen molar-refractivity contribution in [3.05, 3.63) is 77.2 Å². The standard InChI is InChI=1S/C19H21N3/c20-22-17(13-15-7-2-4-11-19(15)22)9-5-8-16-12-14-6-1-3-10-18(14)21-16/h1,3,5-11,17,21H,2,4,12-13,20H2. The van der Waals surface area contributed by atoms with Gasteiger partial charge in [0.15, 0.2) is 0 Å². The van der Waals surface area contributed by atoms with Gasteiger partial charge in [0.25, 0.3) is 0 Å². The van der Waals surface area contributed by atoms with Crippen LogP contribution in [0.4, 0.5) is 5.69 Å². The van der Waals surface area contributed by atoms with Crippen LogP contribution in [-0.4, -0.2) is 11.1 Å². The lowest BCUT2D eigenvalue weighted by atomic mass is 10.0. The Morgan fingerprint density at radius 2 is 2.05 bits per heavy atom. The van der Waals surface area contributed by atoms with Crippen molar-refractivity contribution >= 4 is 5.69 Å². The number of fused-ring (bicyclic) bond motifs is 2. The maximum Gasteiger partial charge on any atom is 0.0676 e. The lowest BCUT2D eigenvalue weighted by molar-refractivity contribution is 0.348. The molecule has 1 atom stereocenters. The van der Waals surface area contributed by atoms with E-state index in [2.05, 4.69) is 60.0 Å². The second-order valence-corrected chi connectivity index (χ2v) is 6.11. The van der Waals surface area contributed by atoms with Crippen molar-refractivity contribution in [3.8, 4) is 0 Å². The molecule has 2 heterocycles. The van der Waals surface area contributed by atoms with Crippen LogP contribution >= 0.6 is 0 Å². The zero-order chi connectivity index (χ0) is 14.9. The molecule has 0 saturated carbocycles. The Morgan fingerprint density at radius 1 is 1.18 bits per heavy atom. The van der Waals surface area contributed by atoms with E-state index in [9.17, 15) is 0 Å².